The van der Waals surface area contributed by atoms with Crippen LogP contribution in [0.2, 0.25) is 0 Å². The fraction of sp³-hybridized carbons (Fsp3) is 0.400. The summed E-state index contributed by atoms with van der Waals surface area (Å²) in [5, 5.41) is 2.69. The van der Waals surface area contributed by atoms with Crippen molar-refractivity contribution in [2.75, 3.05) is 11.9 Å². The summed E-state index contributed by atoms with van der Waals surface area (Å²) in [6, 6.07) is 6.73. The molecule has 1 N–H and O–H groups in total. The zero-order valence-corrected chi connectivity index (χ0v) is 11.8. The molecule has 2 saturated heterocycles. The van der Waals surface area contributed by atoms with E-state index < -0.39 is 0 Å². The van der Waals surface area contributed by atoms with Crippen LogP contribution in [-0.2, 0) is 16.1 Å². The van der Waals surface area contributed by atoms with Crippen molar-refractivity contribution in [2.45, 2.75) is 32.4 Å². The summed E-state index contributed by atoms with van der Waals surface area (Å²) in [4.78, 5) is 38.5. The normalized spacial score (nSPS) is 20.9. The van der Waals surface area contributed by atoms with Gasteiger partial charge >= 0.3 is 6.03 Å². The van der Waals surface area contributed by atoms with Gasteiger partial charge in [-0.3, -0.25) is 14.5 Å². The highest BCUT2D eigenvalue weighted by atomic mass is 16.2. The number of carbonyl (C=O) groups excluding carboxylic acids is 3. The first-order chi connectivity index (χ1) is 10.1. The molecule has 6 heteroatoms. The molecule has 2 fully saturated rings. The van der Waals surface area contributed by atoms with Crippen LogP contribution in [-0.4, -0.2) is 40.2 Å². The molecule has 2 aliphatic rings. The van der Waals surface area contributed by atoms with Crippen molar-refractivity contribution in [1.82, 2.24) is 9.80 Å². The molecular weight excluding hydrogens is 270 g/mol. The SMILES string of the molecule is CC(=O)Nc1cccc(CN2C(=O)C3CCCN3C2=O)c1. The van der Waals surface area contributed by atoms with Gasteiger partial charge in [0.2, 0.25) is 5.91 Å². The maximum absolute atomic E-state index is 12.3. The third kappa shape index (κ3) is 2.49. The summed E-state index contributed by atoms with van der Waals surface area (Å²) < 4.78 is 0. The third-order valence-corrected chi connectivity index (χ3v) is 3.87. The maximum Gasteiger partial charge on any atom is 0.327 e. The minimum atomic E-state index is -0.268. The molecule has 0 radical (unpaired) electrons. The van der Waals surface area contributed by atoms with E-state index in [4.69, 9.17) is 0 Å². The second-order valence-electron chi connectivity index (χ2n) is 5.44. The molecule has 0 aromatic heterocycles. The summed E-state index contributed by atoms with van der Waals surface area (Å²) in [5.41, 5.74) is 1.49. The topological polar surface area (TPSA) is 69.7 Å². The Balaban J connectivity index is 1.76. The fourth-order valence-corrected chi connectivity index (χ4v) is 2.96. The Morgan fingerprint density at radius 3 is 2.90 bits per heavy atom. The molecular formula is C15H17N3O3. The first-order valence-corrected chi connectivity index (χ1v) is 7.05. The lowest BCUT2D eigenvalue weighted by Crippen LogP contribution is -2.32. The van der Waals surface area contributed by atoms with Crippen LogP contribution in [0, 0.1) is 0 Å². The number of urea groups is 1. The molecule has 3 rings (SSSR count). The molecule has 0 bridgehead atoms. The van der Waals surface area contributed by atoms with Crippen LogP contribution in [0.15, 0.2) is 24.3 Å². The monoisotopic (exact) mass is 287 g/mol. The van der Waals surface area contributed by atoms with E-state index in [0.717, 1.165) is 18.4 Å². The van der Waals surface area contributed by atoms with Gasteiger partial charge in [0.15, 0.2) is 0 Å². The van der Waals surface area contributed by atoms with Gasteiger partial charge in [-0.1, -0.05) is 12.1 Å². The molecule has 0 saturated carbocycles. The van der Waals surface area contributed by atoms with E-state index in [9.17, 15) is 14.4 Å². The molecule has 1 unspecified atom stereocenters. The second-order valence-corrected chi connectivity index (χ2v) is 5.44. The van der Waals surface area contributed by atoms with Crippen molar-refractivity contribution in [3.8, 4) is 0 Å². The lowest BCUT2D eigenvalue weighted by molar-refractivity contribution is -0.128. The maximum atomic E-state index is 12.3. The van der Waals surface area contributed by atoms with Crippen molar-refractivity contribution in [2.24, 2.45) is 0 Å². The van der Waals surface area contributed by atoms with Crippen LogP contribution in [0.4, 0.5) is 10.5 Å². The fourth-order valence-electron chi connectivity index (χ4n) is 2.96. The van der Waals surface area contributed by atoms with E-state index in [1.807, 2.05) is 6.07 Å². The van der Waals surface area contributed by atoms with Crippen LogP contribution in [0.5, 0.6) is 0 Å². The zero-order chi connectivity index (χ0) is 15.0. The summed E-state index contributed by atoms with van der Waals surface area (Å²) in [5.74, 6) is -0.261. The summed E-state index contributed by atoms with van der Waals surface area (Å²) >= 11 is 0. The van der Waals surface area contributed by atoms with Gasteiger partial charge in [-0.2, -0.15) is 0 Å². The van der Waals surface area contributed by atoms with Crippen molar-refractivity contribution in [1.29, 1.82) is 0 Å². The van der Waals surface area contributed by atoms with Crippen LogP contribution < -0.4 is 5.32 Å². The van der Waals surface area contributed by atoms with Gasteiger partial charge in [0.1, 0.15) is 6.04 Å². The molecule has 0 aliphatic carbocycles. The van der Waals surface area contributed by atoms with Gasteiger partial charge in [0.25, 0.3) is 5.91 Å². The highest BCUT2D eigenvalue weighted by Crippen LogP contribution is 2.28. The summed E-state index contributed by atoms with van der Waals surface area (Å²) in [6.07, 6.45) is 1.65. The average Bonchev–Trinajstić information content (AvgIpc) is 2.99. The van der Waals surface area contributed by atoms with E-state index in [0.29, 0.717) is 12.2 Å². The molecule has 4 amide bonds. The number of nitrogens with one attached hydrogen (secondary N) is 1. The minimum absolute atomic E-state index is 0.109. The number of carbonyl (C=O) groups is 3. The van der Waals surface area contributed by atoms with Gasteiger partial charge in [0, 0.05) is 19.2 Å². The second kappa shape index (κ2) is 5.20. The standard InChI is InChI=1S/C15H17N3O3/c1-10(19)16-12-5-2-4-11(8-12)9-18-14(20)13-6-3-7-17(13)15(18)21/h2,4-5,8,13H,3,6-7,9H2,1H3,(H,16,19). The Morgan fingerprint density at radius 1 is 1.38 bits per heavy atom. The molecule has 0 spiro atoms. The predicted octanol–water partition coefficient (Wildman–Crippen LogP) is 1.57. The summed E-state index contributed by atoms with van der Waals surface area (Å²) in [7, 11) is 0. The molecule has 1 atom stereocenters. The third-order valence-electron chi connectivity index (χ3n) is 3.87. The molecule has 110 valence electrons. The van der Waals surface area contributed by atoms with Crippen molar-refractivity contribution in [3.63, 3.8) is 0 Å². The highest BCUT2D eigenvalue weighted by Gasteiger charge is 2.47. The van der Waals surface area contributed by atoms with Crippen LogP contribution in [0.25, 0.3) is 0 Å². The number of benzene rings is 1. The van der Waals surface area contributed by atoms with Crippen molar-refractivity contribution >= 4 is 23.5 Å². The smallest absolute Gasteiger partial charge is 0.326 e. The number of hydrogen-bond acceptors (Lipinski definition) is 3. The number of amides is 4. The largest absolute Gasteiger partial charge is 0.327 e. The summed E-state index contributed by atoms with van der Waals surface area (Å²) in [6.45, 7) is 2.35. The van der Waals surface area contributed by atoms with E-state index in [1.54, 1.807) is 23.1 Å². The molecule has 2 heterocycles. The first kappa shape index (κ1) is 13.6. The number of fused-ring (bicyclic) bond motifs is 1. The van der Waals surface area contributed by atoms with E-state index in [1.165, 1.54) is 11.8 Å². The molecule has 6 nitrogen and oxygen atoms in total. The van der Waals surface area contributed by atoms with Gasteiger partial charge in [-0.15, -0.1) is 0 Å². The Bertz CT molecular complexity index is 592. The quantitative estimate of drug-likeness (QED) is 0.858. The van der Waals surface area contributed by atoms with Gasteiger partial charge in [-0.05, 0) is 30.5 Å². The Kier molecular flexibility index (Phi) is 3.37. The lowest BCUT2D eigenvalue weighted by Gasteiger charge is -2.16. The van der Waals surface area contributed by atoms with E-state index in [2.05, 4.69) is 5.32 Å². The van der Waals surface area contributed by atoms with Crippen LogP contribution in [0.3, 0.4) is 0 Å². The number of nitrogens with zero attached hydrogens (tertiary/aromatic N) is 2. The number of hydrogen-bond donors (Lipinski definition) is 1. The number of imide groups is 1. The molecule has 1 aromatic carbocycles. The Morgan fingerprint density at radius 2 is 2.19 bits per heavy atom. The minimum Gasteiger partial charge on any atom is -0.326 e. The van der Waals surface area contributed by atoms with Crippen molar-refractivity contribution < 1.29 is 14.4 Å². The van der Waals surface area contributed by atoms with Crippen LogP contribution in [0.1, 0.15) is 25.3 Å². The highest BCUT2D eigenvalue weighted by molar-refractivity contribution is 6.04. The number of anilines is 1. The lowest BCUT2D eigenvalue weighted by atomic mass is 10.1. The predicted molar refractivity (Wildman–Crippen MR) is 76.4 cm³/mol. The zero-order valence-electron chi connectivity index (χ0n) is 11.8. The van der Waals surface area contributed by atoms with Crippen molar-refractivity contribution in [3.05, 3.63) is 29.8 Å². The molecule has 1 aromatic rings. The van der Waals surface area contributed by atoms with Gasteiger partial charge in [-0.25, -0.2) is 4.79 Å². The van der Waals surface area contributed by atoms with Crippen LogP contribution >= 0.6 is 0 Å². The Hall–Kier alpha value is -2.37. The van der Waals surface area contributed by atoms with E-state index >= 15 is 0 Å². The molecule has 2 aliphatic heterocycles. The Labute approximate surface area is 122 Å². The average molecular weight is 287 g/mol. The van der Waals surface area contributed by atoms with Gasteiger partial charge in [0.05, 0.1) is 6.54 Å². The first-order valence-electron chi connectivity index (χ1n) is 7.05. The van der Waals surface area contributed by atoms with E-state index in [-0.39, 0.29) is 30.4 Å². The van der Waals surface area contributed by atoms with Gasteiger partial charge < -0.3 is 10.2 Å². The number of rotatable bonds is 3. The molecule has 21 heavy (non-hydrogen) atoms.